The Morgan fingerprint density at radius 1 is 0.944 bits per heavy atom. The van der Waals surface area contributed by atoms with Crippen LogP contribution >= 0.6 is 0 Å². The van der Waals surface area contributed by atoms with E-state index < -0.39 is 11.9 Å². The predicted octanol–water partition coefficient (Wildman–Crippen LogP) is 0.736. The number of hydrogen-bond donors (Lipinski definition) is 4. The van der Waals surface area contributed by atoms with Gasteiger partial charge in [0.1, 0.15) is 0 Å². The molecule has 0 saturated heterocycles. The molecule has 18 heavy (non-hydrogen) atoms. The lowest BCUT2D eigenvalue weighted by molar-refractivity contribution is -0.143. The third-order valence-corrected chi connectivity index (χ3v) is 1.77. The normalized spacial score (nSPS) is 9.33. The van der Waals surface area contributed by atoms with E-state index in [9.17, 15) is 9.59 Å². The largest absolute Gasteiger partial charge is 0.481 e. The second-order valence-corrected chi connectivity index (χ2v) is 3.16. The number of H-pyrrole nitrogens is 2. The number of carboxylic acid groups (broad SMARTS) is 2. The van der Waals surface area contributed by atoms with E-state index in [0.717, 1.165) is 11.6 Å². The van der Waals surface area contributed by atoms with Crippen molar-refractivity contribution in [3.8, 4) is 11.6 Å². The van der Waals surface area contributed by atoms with Gasteiger partial charge in [-0.15, -0.1) is 0 Å². The number of imidazole rings is 2. The molecule has 0 amide bonds. The van der Waals surface area contributed by atoms with Gasteiger partial charge in [0.2, 0.25) is 0 Å². The van der Waals surface area contributed by atoms with Crippen LogP contribution in [0.15, 0.2) is 24.8 Å². The standard InChI is InChI=1S/C6H6N4.C4H6O4/c1-2-8-5(7-1)6-9-3-4-10-6;5-3(6)1-2-4(7)8/h1-4H,(H,7,8)(H,9,10);1-2H2,(H,5,6)(H,7,8). The van der Waals surface area contributed by atoms with Crippen molar-refractivity contribution < 1.29 is 19.8 Å². The second kappa shape index (κ2) is 6.84. The summed E-state index contributed by atoms with van der Waals surface area (Å²) >= 11 is 0. The smallest absolute Gasteiger partial charge is 0.303 e. The zero-order valence-corrected chi connectivity index (χ0v) is 9.33. The van der Waals surface area contributed by atoms with Gasteiger partial charge in [0, 0.05) is 24.8 Å². The first-order valence-corrected chi connectivity index (χ1v) is 5.02. The molecular formula is C10H12N4O4. The first kappa shape index (κ1) is 13.4. The molecule has 2 rings (SSSR count). The van der Waals surface area contributed by atoms with Crippen LogP contribution in [0, 0.1) is 0 Å². The van der Waals surface area contributed by atoms with Crippen LogP contribution in [0.25, 0.3) is 11.6 Å². The van der Waals surface area contributed by atoms with E-state index >= 15 is 0 Å². The molecule has 8 heteroatoms. The van der Waals surface area contributed by atoms with Crippen LogP contribution in [0.1, 0.15) is 12.8 Å². The molecule has 2 heterocycles. The summed E-state index contributed by atoms with van der Waals surface area (Å²) in [6.45, 7) is 0. The van der Waals surface area contributed by atoms with Crippen molar-refractivity contribution >= 4 is 11.9 Å². The van der Waals surface area contributed by atoms with Crippen molar-refractivity contribution in [1.82, 2.24) is 19.9 Å². The molecule has 0 aliphatic carbocycles. The van der Waals surface area contributed by atoms with Gasteiger partial charge in [-0.1, -0.05) is 0 Å². The van der Waals surface area contributed by atoms with Crippen LogP contribution in [0.5, 0.6) is 0 Å². The summed E-state index contributed by atoms with van der Waals surface area (Å²) in [6.07, 6.45) is 6.32. The Morgan fingerprint density at radius 3 is 1.56 bits per heavy atom. The number of carbonyl (C=O) groups is 2. The number of hydrogen-bond acceptors (Lipinski definition) is 4. The van der Waals surface area contributed by atoms with Gasteiger partial charge in [0.15, 0.2) is 11.6 Å². The number of aliphatic carboxylic acids is 2. The molecule has 2 aromatic heterocycles. The molecule has 2 aromatic rings. The van der Waals surface area contributed by atoms with Crippen molar-refractivity contribution in [2.45, 2.75) is 12.8 Å². The molecule has 0 aromatic carbocycles. The van der Waals surface area contributed by atoms with Gasteiger partial charge in [-0.3, -0.25) is 9.59 Å². The average Bonchev–Trinajstić information content (AvgIpc) is 2.98. The molecule has 96 valence electrons. The topological polar surface area (TPSA) is 132 Å². The molecule has 8 nitrogen and oxygen atoms in total. The minimum atomic E-state index is -1.08. The van der Waals surface area contributed by atoms with Crippen LogP contribution in [-0.2, 0) is 9.59 Å². The molecular weight excluding hydrogens is 240 g/mol. The highest BCUT2D eigenvalue weighted by Crippen LogP contribution is 2.04. The molecule has 0 aliphatic rings. The zero-order chi connectivity index (χ0) is 13.4. The number of nitrogens with one attached hydrogen (secondary N) is 2. The average molecular weight is 252 g/mol. The molecule has 0 radical (unpaired) electrons. The van der Waals surface area contributed by atoms with Crippen LogP contribution in [0.2, 0.25) is 0 Å². The summed E-state index contributed by atoms with van der Waals surface area (Å²) in [5, 5.41) is 15.8. The monoisotopic (exact) mass is 252 g/mol. The van der Waals surface area contributed by atoms with E-state index in [1.165, 1.54) is 0 Å². The third kappa shape index (κ3) is 4.92. The Hall–Kier alpha value is -2.64. The molecule has 4 N–H and O–H groups in total. The quantitative estimate of drug-likeness (QED) is 0.634. The number of rotatable bonds is 4. The van der Waals surface area contributed by atoms with Crippen LogP contribution < -0.4 is 0 Å². The van der Waals surface area contributed by atoms with Gasteiger partial charge in [-0.25, -0.2) is 9.97 Å². The Labute approximate surface area is 102 Å². The van der Waals surface area contributed by atoms with E-state index in [2.05, 4.69) is 19.9 Å². The molecule has 0 fully saturated rings. The van der Waals surface area contributed by atoms with Crippen LogP contribution in [0.3, 0.4) is 0 Å². The maximum atomic E-state index is 9.64. The van der Waals surface area contributed by atoms with Crippen molar-refractivity contribution in [3.05, 3.63) is 24.8 Å². The van der Waals surface area contributed by atoms with Gasteiger partial charge in [0.25, 0.3) is 0 Å². The highest BCUT2D eigenvalue weighted by molar-refractivity contribution is 5.75. The van der Waals surface area contributed by atoms with Gasteiger partial charge >= 0.3 is 11.9 Å². The highest BCUT2D eigenvalue weighted by Gasteiger charge is 2.00. The van der Waals surface area contributed by atoms with Crippen molar-refractivity contribution in [2.75, 3.05) is 0 Å². The number of carboxylic acids is 2. The first-order chi connectivity index (χ1) is 8.59. The summed E-state index contributed by atoms with van der Waals surface area (Å²) in [5.41, 5.74) is 0. The van der Waals surface area contributed by atoms with Gasteiger partial charge in [-0.05, 0) is 0 Å². The molecule has 0 aliphatic heterocycles. The molecule has 0 atom stereocenters. The number of nitrogens with zero attached hydrogens (tertiary/aromatic N) is 2. The first-order valence-electron chi connectivity index (χ1n) is 5.02. The predicted molar refractivity (Wildman–Crippen MR) is 60.7 cm³/mol. The minimum Gasteiger partial charge on any atom is -0.481 e. The van der Waals surface area contributed by atoms with Crippen molar-refractivity contribution in [2.24, 2.45) is 0 Å². The fourth-order valence-electron chi connectivity index (χ4n) is 1.00. The van der Waals surface area contributed by atoms with E-state index in [1.54, 1.807) is 24.8 Å². The fourth-order valence-corrected chi connectivity index (χ4v) is 1.00. The van der Waals surface area contributed by atoms with Gasteiger partial charge in [0.05, 0.1) is 12.8 Å². The van der Waals surface area contributed by atoms with E-state index in [4.69, 9.17) is 10.2 Å². The van der Waals surface area contributed by atoms with Gasteiger partial charge < -0.3 is 20.2 Å². The van der Waals surface area contributed by atoms with Crippen LogP contribution in [-0.4, -0.2) is 42.1 Å². The molecule has 0 saturated carbocycles. The van der Waals surface area contributed by atoms with Crippen molar-refractivity contribution in [3.63, 3.8) is 0 Å². The van der Waals surface area contributed by atoms with E-state index in [0.29, 0.717) is 0 Å². The maximum Gasteiger partial charge on any atom is 0.303 e. The SMILES string of the molecule is O=C(O)CCC(=O)O.c1c[nH]c(-c2ncc[nH]2)n1. The Kier molecular flexibility index (Phi) is 5.10. The number of aromatic amines is 2. The molecule has 0 bridgehead atoms. The molecule has 0 spiro atoms. The van der Waals surface area contributed by atoms with Gasteiger partial charge in [-0.2, -0.15) is 0 Å². The summed E-state index contributed by atoms with van der Waals surface area (Å²) < 4.78 is 0. The lowest BCUT2D eigenvalue weighted by atomic mass is 10.3. The van der Waals surface area contributed by atoms with E-state index in [-0.39, 0.29) is 12.8 Å². The lowest BCUT2D eigenvalue weighted by Gasteiger charge is -1.85. The third-order valence-electron chi connectivity index (χ3n) is 1.77. The summed E-state index contributed by atoms with van der Waals surface area (Å²) in [5.74, 6) is -0.616. The van der Waals surface area contributed by atoms with Crippen molar-refractivity contribution in [1.29, 1.82) is 0 Å². The summed E-state index contributed by atoms with van der Waals surface area (Å²) in [7, 11) is 0. The minimum absolute atomic E-state index is 0.296. The Morgan fingerprint density at radius 2 is 1.33 bits per heavy atom. The van der Waals surface area contributed by atoms with E-state index in [1.807, 2.05) is 0 Å². The Bertz CT molecular complexity index is 432. The maximum absolute atomic E-state index is 9.64. The number of aromatic nitrogens is 4. The second-order valence-electron chi connectivity index (χ2n) is 3.16. The molecule has 0 unspecified atom stereocenters. The lowest BCUT2D eigenvalue weighted by Crippen LogP contribution is -2.00. The highest BCUT2D eigenvalue weighted by atomic mass is 16.4. The zero-order valence-electron chi connectivity index (χ0n) is 9.33. The summed E-state index contributed by atoms with van der Waals surface area (Å²) in [4.78, 5) is 33.2. The fraction of sp³-hybridized carbons (Fsp3) is 0.200. The van der Waals surface area contributed by atoms with Crippen LogP contribution in [0.4, 0.5) is 0 Å². The Balaban J connectivity index is 0.000000187. The summed E-state index contributed by atoms with van der Waals surface area (Å²) in [6, 6.07) is 0.